The van der Waals surface area contributed by atoms with Crippen LogP contribution in [0.3, 0.4) is 0 Å². The molecule has 224 valence electrons. The molecule has 6 rings (SSSR count). The first-order valence-electron chi connectivity index (χ1n) is 14.2. The Morgan fingerprint density at radius 1 is 0.932 bits per heavy atom. The number of carbonyl (C=O) groups is 1. The molecule has 4 aromatic carbocycles. The van der Waals surface area contributed by atoms with Crippen molar-refractivity contribution in [1.29, 1.82) is 0 Å². The van der Waals surface area contributed by atoms with Gasteiger partial charge in [-0.1, -0.05) is 60.7 Å². The van der Waals surface area contributed by atoms with Gasteiger partial charge < -0.3 is 33.9 Å². The van der Waals surface area contributed by atoms with Crippen molar-refractivity contribution >= 4 is 16.9 Å². The highest BCUT2D eigenvalue weighted by molar-refractivity contribution is 5.94. The second-order valence-electron chi connectivity index (χ2n) is 10.5. The maximum atomic E-state index is 13.3. The van der Waals surface area contributed by atoms with Crippen molar-refractivity contribution in [2.24, 2.45) is 0 Å². The third-order valence-electron chi connectivity index (χ3n) is 7.83. The summed E-state index contributed by atoms with van der Waals surface area (Å²) in [5, 5.41) is 32.4. The van der Waals surface area contributed by atoms with Gasteiger partial charge in [0.2, 0.25) is 5.75 Å². The van der Waals surface area contributed by atoms with Gasteiger partial charge in [0.25, 0.3) is 0 Å². The molecule has 1 aliphatic heterocycles. The minimum atomic E-state index is -1.00. The Morgan fingerprint density at radius 2 is 1.70 bits per heavy atom. The Morgan fingerprint density at radius 3 is 2.50 bits per heavy atom. The van der Waals surface area contributed by atoms with E-state index in [1.807, 2.05) is 18.2 Å². The van der Waals surface area contributed by atoms with Gasteiger partial charge >= 0.3 is 5.97 Å². The monoisotopic (exact) mass is 594 g/mol. The predicted octanol–water partition coefficient (Wildman–Crippen LogP) is 5.83. The number of benzene rings is 4. The summed E-state index contributed by atoms with van der Waals surface area (Å²) in [5.41, 5.74) is 2.43. The Labute approximate surface area is 252 Å². The molecule has 1 aliphatic rings. The average molecular weight is 595 g/mol. The minimum absolute atomic E-state index is 0.0646. The third kappa shape index (κ3) is 5.40. The molecule has 0 amide bonds. The zero-order chi connectivity index (χ0) is 30.8. The smallest absolute Gasteiger partial charge is 0.306 e. The largest absolute Gasteiger partial charge is 0.504 e. The van der Waals surface area contributed by atoms with Crippen LogP contribution in [0.2, 0.25) is 0 Å². The van der Waals surface area contributed by atoms with Gasteiger partial charge in [0.15, 0.2) is 16.9 Å². The summed E-state index contributed by atoms with van der Waals surface area (Å²) in [6.45, 7) is 0.980. The zero-order valence-electron chi connectivity index (χ0n) is 23.9. The quantitative estimate of drug-likeness (QED) is 0.142. The molecule has 1 atom stereocenters. The molecule has 1 aromatic heterocycles. The number of aromatic hydroxyl groups is 3. The maximum absolute atomic E-state index is 13.3. The second kappa shape index (κ2) is 12.0. The third-order valence-corrected chi connectivity index (χ3v) is 7.83. The summed E-state index contributed by atoms with van der Waals surface area (Å²) in [6.07, 6.45) is 1.17. The second-order valence-corrected chi connectivity index (χ2v) is 10.5. The van der Waals surface area contributed by atoms with E-state index in [2.05, 4.69) is 6.07 Å². The lowest BCUT2D eigenvalue weighted by Crippen LogP contribution is -2.14. The molecule has 44 heavy (non-hydrogen) atoms. The van der Waals surface area contributed by atoms with Crippen molar-refractivity contribution < 1.29 is 38.7 Å². The molecular weight excluding hydrogens is 564 g/mol. The standard InChI is InChI=1S/C35H30O9/c1-41-29(37)18-24(23-9-5-6-10-27(23)43-15-13-20-11-12-26-22(17-20)14-16-42-26)30-32(38)34(40)33(39)31-25(36)19-28(44-35(30)31)21-7-3-2-4-8-21/h2-12,17,19,24,38-40H,13-16,18H2,1H3/t24-/m0/s1. The number of hydrogen-bond acceptors (Lipinski definition) is 9. The summed E-state index contributed by atoms with van der Waals surface area (Å²) in [4.78, 5) is 26.1. The topological polar surface area (TPSA) is 136 Å². The van der Waals surface area contributed by atoms with Crippen molar-refractivity contribution in [3.63, 3.8) is 0 Å². The van der Waals surface area contributed by atoms with Crippen LogP contribution in [0.5, 0.6) is 28.7 Å². The van der Waals surface area contributed by atoms with Crippen molar-refractivity contribution in [1.82, 2.24) is 0 Å². The lowest BCUT2D eigenvalue weighted by Gasteiger charge is -2.23. The molecule has 0 bridgehead atoms. The van der Waals surface area contributed by atoms with E-state index in [4.69, 9.17) is 18.6 Å². The Balaban J connectivity index is 1.45. The normalized spacial score (nSPS) is 12.8. The molecule has 3 N–H and O–H groups in total. The number of methoxy groups -OCH3 is 1. The van der Waals surface area contributed by atoms with Gasteiger partial charge in [-0.25, -0.2) is 0 Å². The fourth-order valence-corrected chi connectivity index (χ4v) is 5.63. The van der Waals surface area contributed by atoms with E-state index in [0.717, 1.165) is 23.3 Å². The Hall–Kier alpha value is -5.44. The Kier molecular flexibility index (Phi) is 7.85. The van der Waals surface area contributed by atoms with Gasteiger partial charge in [-0.05, 0) is 23.3 Å². The first kappa shape index (κ1) is 28.7. The van der Waals surface area contributed by atoms with E-state index >= 15 is 0 Å². The zero-order valence-corrected chi connectivity index (χ0v) is 23.9. The molecule has 5 aromatic rings. The highest BCUT2D eigenvalue weighted by Crippen LogP contribution is 2.50. The minimum Gasteiger partial charge on any atom is -0.504 e. The summed E-state index contributed by atoms with van der Waals surface area (Å²) < 4.78 is 23.0. The number of hydrogen-bond donors (Lipinski definition) is 3. The number of phenolic OH excluding ortho intramolecular Hbond substituents is 3. The van der Waals surface area contributed by atoms with Crippen LogP contribution in [-0.2, 0) is 22.4 Å². The van der Waals surface area contributed by atoms with Crippen LogP contribution >= 0.6 is 0 Å². The number of fused-ring (bicyclic) bond motifs is 2. The van der Waals surface area contributed by atoms with Crippen molar-refractivity contribution in [2.75, 3.05) is 20.3 Å². The molecule has 0 spiro atoms. The lowest BCUT2D eigenvalue weighted by molar-refractivity contribution is -0.140. The van der Waals surface area contributed by atoms with Crippen molar-refractivity contribution in [3.05, 3.63) is 111 Å². The van der Waals surface area contributed by atoms with Crippen LogP contribution in [0.15, 0.2) is 88.1 Å². The van der Waals surface area contributed by atoms with Gasteiger partial charge in [0, 0.05) is 41.5 Å². The van der Waals surface area contributed by atoms with Crippen LogP contribution in [0.1, 0.15) is 34.6 Å². The number of carbonyl (C=O) groups excluding carboxylic acids is 1. The number of phenols is 3. The first-order chi connectivity index (χ1) is 21.4. The fraction of sp³-hybridized carbons (Fsp3) is 0.200. The van der Waals surface area contributed by atoms with Crippen molar-refractivity contribution in [3.8, 4) is 40.1 Å². The van der Waals surface area contributed by atoms with Crippen LogP contribution in [-0.4, -0.2) is 41.6 Å². The molecule has 0 saturated carbocycles. The van der Waals surface area contributed by atoms with Crippen LogP contribution in [0.25, 0.3) is 22.3 Å². The highest BCUT2D eigenvalue weighted by Gasteiger charge is 2.32. The SMILES string of the molecule is COC(=O)C[C@@H](c1ccccc1OCCc1ccc2c(c1)CCO2)c1c(O)c(O)c(O)c2c(=O)cc(-c3ccccc3)oc12. The number of ether oxygens (including phenoxy) is 3. The summed E-state index contributed by atoms with van der Waals surface area (Å²) in [7, 11) is 1.24. The van der Waals surface area contributed by atoms with Gasteiger partial charge in [-0.15, -0.1) is 0 Å². The van der Waals surface area contributed by atoms with Gasteiger partial charge in [0.1, 0.15) is 28.2 Å². The molecular formula is C35H30O9. The maximum Gasteiger partial charge on any atom is 0.306 e. The van der Waals surface area contributed by atoms with Crippen LogP contribution in [0, 0.1) is 0 Å². The summed E-state index contributed by atoms with van der Waals surface area (Å²) in [6, 6.07) is 23.1. The van der Waals surface area contributed by atoms with Gasteiger partial charge in [0.05, 0.1) is 26.7 Å². The van der Waals surface area contributed by atoms with E-state index in [-0.39, 0.29) is 28.7 Å². The number of para-hydroxylation sites is 1. The first-order valence-corrected chi connectivity index (χ1v) is 14.2. The molecule has 0 saturated heterocycles. The van der Waals surface area contributed by atoms with Crippen LogP contribution in [0.4, 0.5) is 0 Å². The van der Waals surface area contributed by atoms with Gasteiger partial charge in [-0.3, -0.25) is 9.59 Å². The van der Waals surface area contributed by atoms with E-state index in [0.29, 0.717) is 36.5 Å². The summed E-state index contributed by atoms with van der Waals surface area (Å²) >= 11 is 0. The van der Waals surface area contributed by atoms with E-state index in [9.17, 15) is 24.9 Å². The molecule has 0 radical (unpaired) electrons. The van der Waals surface area contributed by atoms with E-state index in [1.165, 1.54) is 13.2 Å². The molecule has 0 aliphatic carbocycles. The van der Waals surface area contributed by atoms with Crippen molar-refractivity contribution in [2.45, 2.75) is 25.2 Å². The van der Waals surface area contributed by atoms with E-state index < -0.39 is 34.6 Å². The molecule has 2 heterocycles. The van der Waals surface area contributed by atoms with Gasteiger partial charge in [-0.2, -0.15) is 0 Å². The lowest BCUT2D eigenvalue weighted by atomic mass is 9.85. The molecule has 9 heteroatoms. The number of rotatable bonds is 9. The molecule has 0 fully saturated rings. The average Bonchev–Trinajstić information content (AvgIpc) is 3.52. The number of esters is 1. The van der Waals surface area contributed by atoms with Crippen LogP contribution < -0.4 is 14.9 Å². The highest BCUT2D eigenvalue weighted by atomic mass is 16.5. The predicted molar refractivity (Wildman–Crippen MR) is 163 cm³/mol. The molecule has 9 nitrogen and oxygen atoms in total. The summed E-state index contributed by atoms with van der Waals surface area (Å²) in [5.74, 6) is -2.57. The fourth-order valence-electron chi connectivity index (χ4n) is 5.63. The van der Waals surface area contributed by atoms with E-state index in [1.54, 1.807) is 48.5 Å². The Bertz CT molecular complexity index is 1910. The molecule has 0 unspecified atom stereocenters.